The summed E-state index contributed by atoms with van der Waals surface area (Å²) >= 11 is 0. The molecular weight excluding hydrogens is 781 g/mol. The average Bonchev–Trinajstić information content (AvgIpc) is 3.69. The van der Waals surface area contributed by atoms with Crippen molar-refractivity contribution in [1.82, 2.24) is 0 Å². The van der Waals surface area contributed by atoms with Gasteiger partial charge in [0.2, 0.25) is 0 Å². The number of hydrogen-bond donors (Lipinski definition) is 0. The van der Waals surface area contributed by atoms with Crippen molar-refractivity contribution >= 4 is 43.1 Å². The van der Waals surface area contributed by atoms with Crippen LogP contribution in [0.3, 0.4) is 0 Å². The van der Waals surface area contributed by atoms with Crippen LogP contribution in [0, 0.1) is 0 Å². The molecule has 0 saturated heterocycles. The standard InChI is InChI=1S/C65H42/c1-3-15-46(16-4-1)65(47-17-5-2-6-18-47)63-40-44(43-29-34-58-54-24-10-8-20-50(54)52-22-12-14-26-56(52)62(58)39-43)30-35-59(63)60-36-31-45-37-41(27-32-48(45)64(60)65)42-28-33-57-53-23-9-7-19-49(53)51-21-11-13-25-55(51)61(57)38-42/h1-40,51,55H. The van der Waals surface area contributed by atoms with Crippen LogP contribution < -0.4 is 0 Å². The summed E-state index contributed by atoms with van der Waals surface area (Å²) in [7, 11) is 0. The van der Waals surface area contributed by atoms with E-state index in [-0.39, 0.29) is 0 Å². The summed E-state index contributed by atoms with van der Waals surface area (Å²) in [6.07, 6.45) is 9.21. The molecule has 2 unspecified atom stereocenters. The largest absolute Gasteiger partial charge is 0.0761 e. The second-order valence-corrected chi connectivity index (χ2v) is 18.2. The molecule has 0 radical (unpaired) electrons. The van der Waals surface area contributed by atoms with Crippen molar-refractivity contribution in [3.8, 4) is 44.5 Å². The Labute approximate surface area is 379 Å². The molecule has 2 atom stereocenters. The summed E-state index contributed by atoms with van der Waals surface area (Å²) in [5.41, 5.74) is 17.7. The molecule has 0 spiro atoms. The first kappa shape index (κ1) is 36.4. The third-order valence-corrected chi connectivity index (χ3v) is 15.1. The number of benzene rings is 11. The van der Waals surface area contributed by atoms with Crippen LogP contribution in [0.1, 0.15) is 45.2 Å². The first-order valence-corrected chi connectivity index (χ1v) is 23.0. The Kier molecular flexibility index (Phi) is 7.83. The second-order valence-electron chi connectivity index (χ2n) is 18.2. The van der Waals surface area contributed by atoms with E-state index in [0.29, 0.717) is 11.8 Å². The molecule has 0 aliphatic heterocycles. The molecule has 0 heterocycles. The van der Waals surface area contributed by atoms with E-state index in [4.69, 9.17) is 0 Å². The van der Waals surface area contributed by atoms with Crippen molar-refractivity contribution in [3.05, 3.63) is 276 Å². The molecule has 0 nitrogen and oxygen atoms in total. The Morgan fingerprint density at radius 1 is 0.292 bits per heavy atom. The maximum atomic E-state index is 2.51. The fourth-order valence-corrected chi connectivity index (χ4v) is 12.3. The van der Waals surface area contributed by atoms with Gasteiger partial charge in [0.15, 0.2) is 0 Å². The molecule has 302 valence electrons. The number of rotatable bonds is 4. The molecule has 0 bridgehead atoms. The zero-order valence-electron chi connectivity index (χ0n) is 35.7. The van der Waals surface area contributed by atoms with E-state index in [1.807, 2.05) is 0 Å². The van der Waals surface area contributed by atoms with Gasteiger partial charge in [0.1, 0.15) is 0 Å². The number of allylic oxidation sites excluding steroid dienone is 4. The molecule has 11 aromatic rings. The lowest BCUT2D eigenvalue weighted by molar-refractivity contribution is 0.720. The SMILES string of the molecule is C1=CC2c3ccccc3-c3ccc(-c4ccc5c6c(ccc5c4)-c4ccc(-c5ccc7c8ccccc8c8ccccc8c7c5)cc4C6(c4ccccc4)c4ccccc4)cc3C2C=C1. The van der Waals surface area contributed by atoms with E-state index >= 15 is 0 Å². The van der Waals surface area contributed by atoms with E-state index in [2.05, 4.69) is 243 Å². The zero-order chi connectivity index (χ0) is 42.6. The lowest BCUT2D eigenvalue weighted by Crippen LogP contribution is -2.28. The van der Waals surface area contributed by atoms with Crippen molar-refractivity contribution in [3.63, 3.8) is 0 Å². The first-order valence-electron chi connectivity index (χ1n) is 23.0. The van der Waals surface area contributed by atoms with Gasteiger partial charge >= 0.3 is 0 Å². The van der Waals surface area contributed by atoms with Crippen LogP contribution >= 0.6 is 0 Å². The molecule has 0 fully saturated rings. The van der Waals surface area contributed by atoms with Crippen molar-refractivity contribution in [2.45, 2.75) is 17.3 Å². The molecule has 3 aliphatic rings. The highest BCUT2D eigenvalue weighted by molar-refractivity contribution is 6.25. The van der Waals surface area contributed by atoms with Gasteiger partial charge in [-0.2, -0.15) is 0 Å². The third kappa shape index (κ3) is 5.20. The molecule has 0 amide bonds. The van der Waals surface area contributed by atoms with Crippen LogP contribution in [0.25, 0.3) is 87.6 Å². The predicted molar refractivity (Wildman–Crippen MR) is 274 cm³/mol. The van der Waals surface area contributed by atoms with E-state index in [1.165, 1.54) is 121 Å². The molecule has 0 aromatic heterocycles. The van der Waals surface area contributed by atoms with Gasteiger partial charge in [-0.05, 0) is 145 Å². The van der Waals surface area contributed by atoms with Crippen molar-refractivity contribution in [1.29, 1.82) is 0 Å². The summed E-state index contributed by atoms with van der Waals surface area (Å²) < 4.78 is 0. The van der Waals surface area contributed by atoms with E-state index in [0.717, 1.165) is 0 Å². The smallest absolute Gasteiger partial charge is 0.0719 e. The topological polar surface area (TPSA) is 0 Å². The summed E-state index contributed by atoms with van der Waals surface area (Å²) in [4.78, 5) is 0. The summed E-state index contributed by atoms with van der Waals surface area (Å²) in [6, 6.07) is 82.7. The Morgan fingerprint density at radius 3 is 1.46 bits per heavy atom. The normalized spacial score (nSPS) is 16.3. The van der Waals surface area contributed by atoms with Gasteiger partial charge in [-0.1, -0.05) is 218 Å². The lowest BCUT2D eigenvalue weighted by atomic mass is 9.66. The molecule has 14 rings (SSSR count). The molecule has 65 heavy (non-hydrogen) atoms. The van der Waals surface area contributed by atoms with Gasteiger partial charge in [-0.25, -0.2) is 0 Å². The van der Waals surface area contributed by atoms with Crippen LogP contribution in [0.2, 0.25) is 0 Å². The van der Waals surface area contributed by atoms with Gasteiger partial charge in [0, 0.05) is 11.8 Å². The highest BCUT2D eigenvalue weighted by atomic mass is 14.5. The predicted octanol–water partition coefficient (Wildman–Crippen LogP) is 17.0. The number of hydrogen-bond acceptors (Lipinski definition) is 0. The van der Waals surface area contributed by atoms with E-state index < -0.39 is 5.41 Å². The molecular formula is C65H42. The molecule has 0 heteroatoms. The fourth-order valence-electron chi connectivity index (χ4n) is 12.3. The minimum atomic E-state index is -0.557. The minimum Gasteiger partial charge on any atom is -0.0761 e. The maximum Gasteiger partial charge on any atom is 0.0719 e. The van der Waals surface area contributed by atoms with Crippen LogP contribution in [0.5, 0.6) is 0 Å². The van der Waals surface area contributed by atoms with Crippen LogP contribution in [0.4, 0.5) is 0 Å². The second kappa shape index (κ2) is 14.0. The minimum absolute atomic E-state index is 0.322. The summed E-state index contributed by atoms with van der Waals surface area (Å²) in [6.45, 7) is 0. The Hall–Kier alpha value is -8.06. The van der Waals surface area contributed by atoms with Gasteiger partial charge < -0.3 is 0 Å². The van der Waals surface area contributed by atoms with Crippen LogP contribution in [-0.2, 0) is 5.41 Å². The molecule has 11 aromatic carbocycles. The van der Waals surface area contributed by atoms with Crippen LogP contribution in [-0.4, -0.2) is 0 Å². The Bertz CT molecular complexity index is 3750. The van der Waals surface area contributed by atoms with Crippen LogP contribution in [0.15, 0.2) is 243 Å². The maximum absolute atomic E-state index is 2.51. The summed E-state index contributed by atoms with van der Waals surface area (Å²) in [5, 5.41) is 10.3. The molecule has 0 N–H and O–H groups in total. The average molecular weight is 823 g/mol. The third-order valence-electron chi connectivity index (χ3n) is 15.1. The summed E-state index contributed by atoms with van der Waals surface area (Å²) in [5.74, 6) is 0.675. The first-order chi connectivity index (χ1) is 32.2. The molecule has 0 saturated carbocycles. The monoisotopic (exact) mass is 822 g/mol. The zero-order valence-corrected chi connectivity index (χ0v) is 35.7. The van der Waals surface area contributed by atoms with Gasteiger partial charge in [0.25, 0.3) is 0 Å². The van der Waals surface area contributed by atoms with Gasteiger partial charge in [-0.3, -0.25) is 0 Å². The highest BCUT2D eigenvalue weighted by Gasteiger charge is 2.47. The van der Waals surface area contributed by atoms with E-state index in [1.54, 1.807) is 0 Å². The molecule has 3 aliphatic carbocycles. The Morgan fingerprint density at radius 2 is 0.769 bits per heavy atom. The quantitative estimate of drug-likeness (QED) is 0.155. The fraction of sp³-hybridized carbons (Fsp3) is 0.0462. The van der Waals surface area contributed by atoms with Crippen molar-refractivity contribution in [2.75, 3.05) is 0 Å². The van der Waals surface area contributed by atoms with Gasteiger partial charge in [-0.15, -0.1) is 0 Å². The Balaban J connectivity index is 0.970. The highest BCUT2D eigenvalue weighted by Crippen LogP contribution is 2.59. The van der Waals surface area contributed by atoms with Crippen molar-refractivity contribution in [2.24, 2.45) is 0 Å². The van der Waals surface area contributed by atoms with E-state index in [9.17, 15) is 0 Å². The lowest BCUT2D eigenvalue weighted by Gasteiger charge is -2.35. The van der Waals surface area contributed by atoms with Crippen molar-refractivity contribution < 1.29 is 0 Å². The van der Waals surface area contributed by atoms with Gasteiger partial charge in [0.05, 0.1) is 5.41 Å². The number of fused-ring (bicyclic) bond motifs is 17.